The zero-order valence-electron chi connectivity index (χ0n) is 21.2. The molecule has 2 aliphatic heterocycles. The lowest BCUT2D eigenvalue weighted by molar-refractivity contribution is -0.120. The van der Waals surface area contributed by atoms with E-state index in [-0.39, 0.29) is 29.6 Å². The number of ketones is 1. The first-order chi connectivity index (χ1) is 17.9. The number of hydrogen-bond acceptors (Lipinski definition) is 8. The van der Waals surface area contributed by atoms with Crippen LogP contribution in [0.3, 0.4) is 0 Å². The normalized spacial score (nSPS) is 18.0. The number of anilines is 3. The summed E-state index contributed by atoms with van der Waals surface area (Å²) >= 11 is 6.45. The molecule has 9 nitrogen and oxygen atoms in total. The third-order valence-electron chi connectivity index (χ3n) is 6.93. The van der Waals surface area contributed by atoms with Gasteiger partial charge in [-0.05, 0) is 43.0 Å². The van der Waals surface area contributed by atoms with Crippen LogP contribution in [0.15, 0.2) is 35.3 Å². The van der Waals surface area contributed by atoms with Gasteiger partial charge in [-0.15, -0.1) is 0 Å². The molecule has 0 saturated carbocycles. The van der Waals surface area contributed by atoms with E-state index in [9.17, 15) is 9.59 Å². The number of piperidine rings is 1. The topological polar surface area (TPSA) is 98.6 Å². The molecule has 2 fully saturated rings. The van der Waals surface area contributed by atoms with Crippen LogP contribution in [0, 0.1) is 11.8 Å². The maximum Gasteiger partial charge on any atom is 0.293 e. The van der Waals surface area contributed by atoms with Crippen LogP contribution < -0.4 is 20.5 Å². The number of pyridine rings is 1. The fourth-order valence-corrected chi connectivity index (χ4v) is 4.88. The summed E-state index contributed by atoms with van der Waals surface area (Å²) in [6.45, 7) is 7.50. The van der Waals surface area contributed by atoms with Gasteiger partial charge in [-0.25, -0.2) is 4.98 Å². The molecule has 5 rings (SSSR count). The monoisotopic (exact) mass is 525 g/mol. The quantitative estimate of drug-likeness (QED) is 0.438. The second-order valence-corrected chi connectivity index (χ2v) is 10.4. The largest absolute Gasteiger partial charge is 0.480 e. The number of rotatable bonds is 9. The highest BCUT2D eigenvalue weighted by molar-refractivity contribution is 6.32. The summed E-state index contributed by atoms with van der Waals surface area (Å²) in [5, 5.41) is 4.55. The molecule has 37 heavy (non-hydrogen) atoms. The van der Waals surface area contributed by atoms with Crippen molar-refractivity contribution in [2.24, 2.45) is 11.8 Å². The zero-order chi connectivity index (χ0) is 25.9. The van der Waals surface area contributed by atoms with E-state index in [1.165, 1.54) is 6.42 Å². The van der Waals surface area contributed by atoms with E-state index in [2.05, 4.69) is 22.1 Å². The van der Waals surface area contributed by atoms with Crippen molar-refractivity contribution in [2.45, 2.75) is 39.7 Å². The van der Waals surface area contributed by atoms with E-state index >= 15 is 0 Å². The van der Waals surface area contributed by atoms with Crippen LogP contribution in [0.5, 0.6) is 5.75 Å². The molecule has 0 aliphatic carbocycles. The molecule has 1 aromatic carbocycles. The first kappa shape index (κ1) is 25.5. The lowest BCUT2D eigenvalue weighted by Crippen LogP contribution is -2.35. The van der Waals surface area contributed by atoms with E-state index in [0.29, 0.717) is 48.9 Å². The Labute approximate surface area is 220 Å². The van der Waals surface area contributed by atoms with Gasteiger partial charge in [-0.1, -0.05) is 25.4 Å². The minimum absolute atomic E-state index is 0.0637. The predicted molar refractivity (Wildman–Crippen MR) is 144 cm³/mol. The fourth-order valence-electron chi connectivity index (χ4n) is 4.74. The van der Waals surface area contributed by atoms with Crippen LogP contribution in [-0.2, 0) is 16.1 Å². The fraction of sp³-hybridized carbons (Fsp3) is 0.481. The summed E-state index contributed by atoms with van der Waals surface area (Å²) < 4.78 is 12.7. The van der Waals surface area contributed by atoms with Crippen molar-refractivity contribution in [3.63, 3.8) is 0 Å². The van der Waals surface area contributed by atoms with Gasteiger partial charge >= 0.3 is 0 Å². The lowest BCUT2D eigenvalue weighted by atomic mass is 10.0. The molecule has 3 aromatic rings. The molecule has 2 saturated heterocycles. The maximum atomic E-state index is 13.2. The number of nitrogens with one attached hydrogen (secondary N) is 1. The minimum Gasteiger partial charge on any atom is -0.480 e. The van der Waals surface area contributed by atoms with Crippen molar-refractivity contribution >= 4 is 45.7 Å². The molecular weight excluding hydrogens is 494 g/mol. The summed E-state index contributed by atoms with van der Waals surface area (Å²) in [5.41, 5.74) is 1.30. The molecule has 4 heterocycles. The van der Waals surface area contributed by atoms with Crippen LogP contribution in [0.2, 0.25) is 5.02 Å². The standard InChI is InChI=1S/C27H32ClN5O4/c1-3-21(34)16-37-24-10-19-9-20(6-7-23(19)33(26(24)35)13-18-14-36-15-18)30-25-22(28)11-29-27(31-25)32-8-4-5-17(2)12-32/h6-7,9-11,17-18H,3-5,8,12-16H2,1-2H3,(H,29,30,31)/t17-/m0/s1. The van der Waals surface area contributed by atoms with Gasteiger partial charge in [0.2, 0.25) is 5.95 Å². The third-order valence-corrected chi connectivity index (χ3v) is 7.20. The second kappa shape index (κ2) is 11.1. The van der Waals surface area contributed by atoms with Crippen LogP contribution in [0.1, 0.15) is 33.1 Å². The zero-order valence-corrected chi connectivity index (χ0v) is 22.0. The third kappa shape index (κ3) is 5.72. The molecule has 2 aromatic heterocycles. The van der Waals surface area contributed by atoms with E-state index in [4.69, 9.17) is 26.1 Å². The van der Waals surface area contributed by atoms with Crippen molar-refractivity contribution in [3.05, 3.63) is 45.8 Å². The SMILES string of the molecule is CCC(=O)COc1cc2cc(Nc3nc(N4CCC[C@H](C)C4)ncc3Cl)ccc2n(CC2COC2)c1=O. The summed E-state index contributed by atoms with van der Waals surface area (Å²) in [4.78, 5) is 36.4. The average molecular weight is 526 g/mol. The smallest absolute Gasteiger partial charge is 0.293 e. The van der Waals surface area contributed by atoms with Gasteiger partial charge in [0.1, 0.15) is 11.6 Å². The van der Waals surface area contributed by atoms with E-state index in [1.807, 2.05) is 18.2 Å². The molecule has 10 heteroatoms. The highest BCUT2D eigenvalue weighted by Gasteiger charge is 2.23. The van der Waals surface area contributed by atoms with E-state index < -0.39 is 0 Å². The molecule has 0 spiro atoms. The number of Topliss-reactive ketones (excluding diaryl/α,β-unsaturated/α-hetero) is 1. The van der Waals surface area contributed by atoms with Crippen LogP contribution in [-0.4, -0.2) is 53.2 Å². The number of fused-ring (bicyclic) bond motifs is 1. The van der Waals surface area contributed by atoms with Gasteiger partial charge in [-0.2, -0.15) is 4.98 Å². The highest BCUT2D eigenvalue weighted by atomic mass is 35.5. The van der Waals surface area contributed by atoms with E-state index in [0.717, 1.165) is 36.1 Å². The number of aromatic nitrogens is 3. The number of carbonyl (C=O) groups is 1. The Morgan fingerprint density at radius 1 is 1.30 bits per heavy atom. The van der Waals surface area contributed by atoms with Crippen molar-refractivity contribution in [1.82, 2.24) is 14.5 Å². The minimum atomic E-state index is -0.247. The molecule has 1 atom stereocenters. The Morgan fingerprint density at radius 2 is 2.14 bits per heavy atom. The number of hydrogen-bond donors (Lipinski definition) is 1. The summed E-state index contributed by atoms with van der Waals surface area (Å²) in [5.74, 6) is 2.14. The Hall–Kier alpha value is -3.17. The van der Waals surface area contributed by atoms with Crippen LogP contribution in [0.25, 0.3) is 10.9 Å². The number of carbonyl (C=O) groups excluding carboxylic acids is 1. The van der Waals surface area contributed by atoms with Gasteiger partial charge < -0.3 is 24.3 Å². The molecule has 1 N–H and O–H groups in total. The average Bonchev–Trinajstić information content (AvgIpc) is 2.87. The summed E-state index contributed by atoms with van der Waals surface area (Å²) in [6.07, 6.45) is 4.31. The predicted octanol–water partition coefficient (Wildman–Crippen LogP) is 4.43. The van der Waals surface area contributed by atoms with Gasteiger partial charge in [-0.3, -0.25) is 9.59 Å². The van der Waals surface area contributed by atoms with Crippen molar-refractivity contribution < 1.29 is 14.3 Å². The second-order valence-electron chi connectivity index (χ2n) is 9.97. The van der Waals surface area contributed by atoms with Gasteiger partial charge in [0.25, 0.3) is 5.56 Å². The number of ether oxygens (including phenoxy) is 2. The Morgan fingerprint density at radius 3 is 2.86 bits per heavy atom. The first-order valence-electron chi connectivity index (χ1n) is 12.9. The molecule has 0 amide bonds. The Balaban J connectivity index is 1.46. The van der Waals surface area contributed by atoms with Gasteiger partial charge in [0.15, 0.2) is 17.4 Å². The van der Waals surface area contributed by atoms with Crippen molar-refractivity contribution in [2.75, 3.05) is 43.1 Å². The molecule has 0 radical (unpaired) electrons. The number of benzene rings is 1. The summed E-state index contributed by atoms with van der Waals surface area (Å²) in [7, 11) is 0. The molecule has 0 bridgehead atoms. The van der Waals surface area contributed by atoms with Crippen molar-refractivity contribution in [3.8, 4) is 5.75 Å². The number of nitrogens with zero attached hydrogens (tertiary/aromatic N) is 4. The first-order valence-corrected chi connectivity index (χ1v) is 13.2. The summed E-state index contributed by atoms with van der Waals surface area (Å²) in [6, 6.07) is 7.43. The number of halogens is 1. The van der Waals surface area contributed by atoms with Crippen molar-refractivity contribution in [1.29, 1.82) is 0 Å². The van der Waals surface area contributed by atoms with E-state index in [1.54, 1.807) is 23.8 Å². The molecule has 0 unspecified atom stereocenters. The molecule has 2 aliphatic rings. The Kier molecular flexibility index (Phi) is 7.62. The molecule has 196 valence electrons. The lowest BCUT2D eigenvalue weighted by Gasteiger charge is -2.31. The maximum absolute atomic E-state index is 13.2. The van der Waals surface area contributed by atoms with Gasteiger partial charge in [0, 0.05) is 43.0 Å². The highest BCUT2D eigenvalue weighted by Crippen LogP contribution is 2.29. The van der Waals surface area contributed by atoms with Crippen LogP contribution >= 0.6 is 11.6 Å². The van der Waals surface area contributed by atoms with Crippen LogP contribution in [0.4, 0.5) is 17.5 Å². The molecular formula is C27H32ClN5O4. The van der Waals surface area contributed by atoms with Gasteiger partial charge in [0.05, 0.1) is 24.9 Å². The Bertz CT molecular complexity index is 1360.